The summed E-state index contributed by atoms with van der Waals surface area (Å²) in [4.78, 5) is 0. The summed E-state index contributed by atoms with van der Waals surface area (Å²) in [5, 5.41) is 20.2. The number of benzene rings is 2. The monoisotopic (exact) mass is 452 g/mol. The second-order valence-corrected chi connectivity index (χ2v) is 9.83. The summed E-state index contributed by atoms with van der Waals surface area (Å²) < 4.78 is 0. The highest BCUT2D eigenvalue weighted by atomic mass is 16.3. The molecule has 2 heteroatoms. The minimum absolute atomic E-state index is 0.366. The van der Waals surface area contributed by atoms with Crippen LogP contribution in [0.1, 0.15) is 126 Å². The molecule has 0 fully saturated rings. The number of rotatable bonds is 18. The van der Waals surface area contributed by atoms with Gasteiger partial charge in [-0.3, -0.25) is 0 Å². The van der Waals surface area contributed by atoms with E-state index in [0.717, 1.165) is 19.3 Å². The van der Waals surface area contributed by atoms with Crippen molar-refractivity contribution in [2.45, 2.75) is 123 Å². The van der Waals surface area contributed by atoms with Gasteiger partial charge in [0, 0.05) is 0 Å². The molecule has 2 aromatic carbocycles. The highest BCUT2D eigenvalue weighted by Crippen LogP contribution is 2.26. The molecule has 0 saturated heterocycles. The van der Waals surface area contributed by atoms with Crippen molar-refractivity contribution in [2.75, 3.05) is 0 Å². The molecule has 0 aromatic heterocycles. The van der Waals surface area contributed by atoms with Crippen LogP contribution in [0.25, 0.3) is 0 Å². The molecule has 2 nitrogen and oxygen atoms in total. The van der Waals surface area contributed by atoms with Crippen LogP contribution in [0, 0.1) is 0 Å². The van der Waals surface area contributed by atoms with Crippen molar-refractivity contribution in [2.24, 2.45) is 0 Å². The lowest BCUT2D eigenvalue weighted by molar-refractivity contribution is 0.473. The molecule has 0 bridgehead atoms. The molecule has 2 aromatic rings. The Morgan fingerprint density at radius 1 is 0.455 bits per heavy atom. The van der Waals surface area contributed by atoms with Gasteiger partial charge in [0.15, 0.2) is 0 Å². The highest BCUT2D eigenvalue weighted by molar-refractivity contribution is 5.42. The maximum Gasteiger partial charge on any atom is 0.115 e. The van der Waals surface area contributed by atoms with Gasteiger partial charge in [-0.2, -0.15) is 0 Å². The predicted octanol–water partition coefficient (Wildman–Crippen LogP) is 9.27. The zero-order valence-electron chi connectivity index (χ0n) is 21.4. The third kappa shape index (κ3) is 11.1. The maximum atomic E-state index is 10.1. The topological polar surface area (TPSA) is 40.5 Å². The SMILES string of the molecule is CCCCCCCCCc1cc(O)ccc1Cc1ccc(O)cc1CCCCCCCCC. The lowest BCUT2D eigenvalue weighted by atomic mass is 9.91. The van der Waals surface area contributed by atoms with Crippen molar-refractivity contribution < 1.29 is 10.2 Å². The first-order chi connectivity index (χ1) is 16.1. The van der Waals surface area contributed by atoms with E-state index < -0.39 is 0 Å². The van der Waals surface area contributed by atoms with E-state index in [9.17, 15) is 10.2 Å². The van der Waals surface area contributed by atoms with E-state index in [1.807, 2.05) is 24.3 Å². The fourth-order valence-corrected chi connectivity index (χ4v) is 4.79. The van der Waals surface area contributed by atoms with Crippen molar-refractivity contribution in [1.82, 2.24) is 0 Å². The van der Waals surface area contributed by atoms with Gasteiger partial charge in [0.25, 0.3) is 0 Å². The molecule has 0 aliphatic rings. The second-order valence-electron chi connectivity index (χ2n) is 9.83. The van der Waals surface area contributed by atoms with Crippen LogP contribution in [-0.2, 0) is 19.3 Å². The first kappa shape index (κ1) is 27.3. The fourth-order valence-electron chi connectivity index (χ4n) is 4.79. The number of phenols is 2. The number of aromatic hydroxyl groups is 2. The molecular formula is C31H48O2. The zero-order valence-corrected chi connectivity index (χ0v) is 21.4. The summed E-state index contributed by atoms with van der Waals surface area (Å²) in [7, 11) is 0. The van der Waals surface area contributed by atoms with E-state index in [-0.39, 0.29) is 0 Å². The number of unbranched alkanes of at least 4 members (excludes halogenated alkanes) is 12. The Morgan fingerprint density at radius 3 is 1.21 bits per heavy atom. The third-order valence-corrected chi connectivity index (χ3v) is 6.86. The number of aryl methyl sites for hydroxylation is 2. The van der Waals surface area contributed by atoms with Gasteiger partial charge in [0.1, 0.15) is 11.5 Å². The zero-order chi connectivity index (χ0) is 23.7. The molecule has 0 amide bonds. The van der Waals surface area contributed by atoms with Crippen molar-refractivity contribution in [3.8, 4) is 11.5 Å². The largest absolute Gasteiger partial charge is 0.508 e. The van der Waals surface area contributed by atoms with Gasteiger partial charge in [-0.05, 0) is 78.6 Å². The summed E-state index contributed by atoms with van der Waals surface area (Å²) in [5.41, 5.74) is 5.17. The molecule has 0 saturated carbocycles. The summed E-state index contributed by atoms with van der Waals surface area (Å²) in [6, 6.07) is 11.7. The van der Waals surface area contributed by atoms with Crippen LogP contribution in [0.2, 0.25) is 0 Å². The van der Waals surface area contributed by atoms with E-state index >= 15 is 0 Å². The third-order valence-electron chi connectivity index (χ3n) is 6.86. The van der Waals surface area contributed by atoms with Gasteiger partial charge in [-0.15, -0.1) is 0 Å². The quantitative estimate of drug-likeness (QED) is 0.221. The number of hydrogen-bond donors (Lipinski definition) is 2. The predicted molar refractivity (Wildman–Crippen MR) is 142 cm³/mol. The smallest absolute Gasteiger partial charge is 0.115 e. The molecular weight excluding hydrogens is 404 g/mol. The Kier molecular flexibility index (Phi) is 13.7. The molecule has 0 spiro atoms. The average Bonchev–Trinajstić information content (AvgIpc) is 2.81. The van der Waals surface area contributed by atoms with Gasteiger partial charge in [0.05, 0.1) is 0 Å². The van der Waals surface area contributed by atoms with Crippen LogP contribution < -0.4 is 0 Å². The van der Waals surface area contributed by atoms with Gasteiger partial charge in [-0.1, -0.05) is 103 Å². The fraction of sp³-hybridized carbons (Fsp3) is 0.613. The average molecular weight is 453 g/mol. The van der Waals surface area contributed by atoms with E-state index in [1.54, 1.807) is 0 Å². The van der Waals surface area contributed by atoms with Crippen molar-refractivity contribution in [3.05, 3.63) is 58.7 Å². The Balaban J connectivity index is 1.93. The molecule has 0 heterocycles. The molecule has 2 N–H and O–H groups in total. The molecule has 0 unspecified atom stereocenters. The Bertz CT molecular complexity index is 715. The second kappa shape index (κ2) is 16.6. The van der Waals surface area contributed by atoms with Crippen LogP contribution in [0.4, 0.5) is 0 Å². The van der Waals surface area contributed by atoms with E-state index in [4.69, 9.17) is 0 Å². The maximum absolute atomic E-state index is 10.1. The first-order valence-electron chi connectivity index (χ1n) is 13.8. The molecule has 33 heavy (non-hydrogen) atoms. The van der Waals surface area contributed by atoms with Crippen molar-refractivity contribution in [3.63, 3.8) is 0 Å². The van der Waals surface area contributed by atoms with Gasteiger partial charge in [0.2, 0.25) is 0 Å². The van der Waals surface area contributed by atoms with E-state index in [1.165, 1.54) is 112 Å². The minimum atomic E-state index is 0.366. The van der Waals surface area contributed by atoms with Crippen LogP contribution in [0.15, 0.2) is 36.4 Å². The number of hydrogen-bond acceptors (Lipinski definition) is 2. The minimum Gasteiger partial charge on any atom is -0.508 e. The van der Waals surface area contributed by atoms with Crippen LogP contribution >= 0.6 is 0 Å². The first-order valence-corrected chi connectivity index (χ1v) is 13.8. The van der Waals surface area contributed by atoms with Gasteiger partial charge in [-0.25, -0.2) is 0 Å². The molecule has 184 valence electrons. The van der Waals surface area contributed by atoms with Crippen LogP contribution in [-0.4, -0.2) is 10.2 Å². The van der Waals surface area contributed by atoms with E-state index in [2.05, 4.69) is 26.0 Å². The van der Waals surface area contributed by atoms with Crippen molar-refractivity contribution >= 4 is 0 Å². The Labute approximate surface area is 203 Å². The Hall–Kier alpha value is -1.96. The molecule has 0 aliphatic heterocycles. The van der Waals surface area contributed by atoms with E-state index in [0.29, 0.717) is 11.5 Å². The molecule has 0 aliphatic carbocycles. The van der Waals surface area contributed by atoms with Crippen molar-refractivity contribution in [1.29, 1.82) is 0 Å². The lowest BCUT2D eigenvalue weighted by Crippen LogP contribution is -2.00. The van der Waals surface area contributed by atoms with Crippen LogP contribution in [0.5, 0.6) is 11.5 Å². The standard InChI is InChI=1S/C31H48O2/c1-3-5-7-9-11-13-15-17-26-24-30(32)21-19-28(26)23-29-20-22-31(33)25-27(29)18-16-14-12-10-8-6-4-2/h19-22,24-25,32-33H,3-18,23H2,1-2H3. The highest BCUT2D eigenvalue weighted by Gasteiger charge is 2.10. The molecule has 2 rings (SSSR count). The number of phenolic OH excluding ortho intramolecular Hbond substituents is 2. The van der Waals surface area contributed by atoms with Gasteiger partial charge >= 0.3 is 0 Å². The Morgan fingerprint density at radius 2 is 0.818 bits per heavy atom. The summed E-state index contributed by atoms with van der Waals surface area (Å²) in [5.74, 6) is 0.733. The summed E-state index contributed by atoms with van der Waals surface area (Å²) in [6.45, 7) is 4.52. The lowest BCUT2D eigenvalue weighted by Gasteiger charge is -2.14. The van der Waals surface area contributed by atoms with Crippen LogP contribution in [0.3, 0.4) is 0 Å². The molecule has 0 atom stereocenters. The summed E-state index contributed by atoms with van der Waals surface area (Å²) in [6.07, 6.45) is 21.2. The normalized spacial score (nSPS) is 11.2. The van der Waals surface area contributed by atoms with Gasteiger partial charge < -0.3 is 10.2 Å². The summed E-state index contributed by atoms with van der Waals surface area (Å²) >= 11 is 0. The molecule has 0 radical (unpaired) electrons.